The van der Waals surface area contributed by atoms with Crippen LogP contribution in [0.25, 0.3) is 0 Å². The van der Waals surface area contributed by atoms with Crippen LogP contribution in [0.3, 0.4) is 0 Å². The number of halogens is 3. The molecule has 4 nitrogen and oxygen atoms in total. The molecule has 0 radical (unpaired) electrons. The number of unbranched alkanes of at least 4 members (excludes halogenated alkanes) is 14. The molecule has 1 N–H and O–H groups in total. The van der Waals surface area contributed by atoms with Gasteiger partial charge in [0.05, 0.1) is 12.2 Å². The summed E-state index contributed by atoms with van der Waals surface area (Å²) >= 11 is 0. The molecule has 1 atom stereocenters. The second-order valence-electron chi connectivity index (χ2n) is 9.39. The summed E-state index contributed by atoms with van der Waals surface area (Å²) in [7, 11) is 0. The smallest absolute Gasteiger partial charge is 0.416 e. The fraction of sp³-hybridized carbons (Fsp3) is 0.714. The third-order valence-electron chi connectivity index (χ3n) is 6.17. The molecule has 1 amide bonds. The Morgan fingerprint density at radius 2 is 1.20 bits per heavy atom. The van der Waals surface area contributed by atoms with E-state index < -0.39 is 29.7 Å². The van der Waals surface area contributed by atoms with E-state index in [2.05, 4.69) is 12.2 Å². The second-order valence-corrected chi connectivity index (χ2v) is 9.39. The van der Waals surface area contributed by atoms with Crippen molar-refractivity contribution in [2.75, 3.05) is 6.61 Å². The average molecular weight is 500 g/mol. The first-order valence-corrected chi connectivity index (χ1v) is 13.4. The molecule has 0 saturated heterocycles. The first-order valence-electron chi connectivity index (χ1n) is 13.4. The molecule has 0 bridgehead atoms. The van der Waals surface area contributed by atoms with Gasteiger partial charge in [0.25, 0.3) is 5.91 Å². The molecule has 0 spiro atoms. The predicted octanol–water partition coefficient (Wildman–Crippen LogP) is 8.24. The van der Waals surface area contributed by atoms with Gasteiger partial charge in [0.1, 0.15) is 6.04 Å². The molecule has 0 aliphatic rings. The molecule has 1 aromatic carbocycles. The molecule has 35 heavy (non-hydrogen) atoms. The van der Waals surface area contributed by atoms with Crippen molar-refractivity contribution < 1.29 is 27.5 Å². The first-order chi connectivity index (χ1) is 16.8. The van der Waals surface area contributed by atoms with Gasteiger partial charge in [0, 0.05) is 5.56 Å². The Morgan fingerprint density at radius 1 is 0.771 bits per heavy atom. The van der Waals surface area contributed by atoms with Gasteiger partial charge in [0.15, 0.2) is 0 Å². The maximum Gasteiger partial charge on any atom is 0.416 e. The molecular weight excluding hydrogens is 455 g/mol. The third kappa shape index (κ3) is 14.8. The maximum absolute atomic E-state index is 12.6. The van der Waals surface area contributed by atoms with Gasteiger partial charge >= 0.3 is 12.1 Å². The fourth-order valence-electron chi connectivity index (χ4n) is 3.92. The molecular formula is C28H44F3NO3. The van der Waals surface area contributed by atoms with Crippen LogP contribution < -0.4 is 5.32 Å². The highest BCUT2D eigenvalue weighted by molar-refractivity contribution is 5.96. The quantitative estimate of drug-likeness (QED) is 0.154. The molecule has 0 saturated carbocycles. The Balaban J connectivity index is 2.01. The summed E-state index contributed by atoms with van der Waals surface area (Å²) in [6.45, 7) is 4.05. The standard InChI is InChI=1S/C28H44F3NO3/c1-3-4-5-6-7-8-9-10-11-12-13-14-15-16-17-22-35-27(34)23(2)32-26(33)24-18-20-25(21-19-24)28(29,30)31/h18-21,23H,3-17,22H2,1-2H3,(H,32,33). The largest absolute Gasteiger partial charge is 0.464 e. The number of ether oxygens (including phenoxy) is 1. The van der Waals surface area contributed by atoms with Crippen molar-refractivity contribution in [1.29, 1.82) is 0 Å². The summed E-state index contributed by atoms with van der Waals surface area (Å²) in [5, 5.41) is 2.46. The van der Waals surface area contributed by atoms with E-state index in [1.165, 1.54) is 84.0 Å². The lowest BCUT2D eigenvalue weighted by Crippen LogP contribution is -2.39. The van der Waals surface area contributed by atoms with E-state index in [1.54, 1.807) is 0 Å². The Kier molecular flexibility index (Phi) is 16.2. The van der Waals surface area contributed by atoms with Crippen LogP contribution >= 0.6 is 0 Å². The number of hydrogen-bond donors (Lipinski definition) is 1. The van der Waals surface area contributed by atoms with E-state index >= 15 is 0 Å². The lowest BCUT2D eigenvalue weighted by Gasteiger charge is -2.14. The van der Waals surface area contributed by atoms with E-state index in [9.17, 15) is 22.8 Å². The van der Waals surface area contributed by atoms with E-state index in [0.717, 1.165) is 43.5 Å². The molecule has 7 heteroatoms. The lowest BCUT2D eigenvalue weighted by molar-refractivity contribution is -0.145. The summed E-state index contributed by atoms with van der Waals surface area (Å²) in [5.41, 5.74) is -0.773. The minimum Gasteiger partial charge on any atom is -0.464 e. The summed E-state index contributed by atoms with van der Waals surface area (Å²) in [6, 6.07) is 2.99. The number of esters is 1. The van der Waals surface area contributed by atoms with Gasteiger partial charge < -0.3 is 10.1 Å². The van der Waals surface area contributed by atoms with Gasteiger partial charge in [-0.1, -0.05) is 96.8 Å². The van der Waals surface area contributed by atoms with Crippen molar-refractivity contribution in [2.45, 2.75) is 122 Å². The Morgan fingerprint density at radius 3 is 1.63 bits per heavy atom. The molecule has 0 aliphatic heterocycles. The number of carbonyl (C=O) groups is 2. The monoisotopic (exact) mass is 499 g/mol. The van der Waals surface area contributed by atoms with Crippen LogP contribution in [-0.4, -0.2) is 24.5 Å². The predicted molar refractivity (Wildman–Crippen MR) is 134 cm³/mol. The molecule has 1 rings (SSSR count). The van der Waals surface area contributed by atoms with E-state index in [4.69, 9.17) is 4.74 Å². The highest BCUT2D eigenvalue weighted by Gasteiger charge is 2.30. The second kappa shape index (κ2) is 18.3. The number of hydrogen-bond acceptors (Lipinski definition) is 3. The van der Waals surface area contributed by atoms with Crippen molar-refractivity contribution in [3.63, 3.8) is 0 Å². The summed E-state index contributed by atoms with van der Waals surface area (Å²) in [6.07, 6.45) is 14.4. The van der Waals surface area contributed by atoms with E-state index in [-0.39, 0.29) is 5.56 Å². The van der Waals surface area contributed by atoms with Gasteiger partial charge in [-0.2, -0.15) is 13.2 Å². The van der Waals surface area contributed by atoms with Crippen LogP contribution in [0.15, 0.2) is 24.3 Å². The number of nitrogens with one attached hydrogen (secondary N) is 1. The number of benzene rings is 1. The van der Waals surface area contributed by atoms with Crippen molar-refractivity contribution in [3.05, 3.63) is 35.4 Å². The molecule has 1 aromatic rings. The van der Waals surface area contributed by atoms with Crippen molar-refractivity contribution in [3.8, 4) is 0 Å². The highest BCUT2D eigenvalue weighted by atomic mass is 19.4. The van der Waals surface area contributed by atoms with Gasteiger partial charge in [-0.25, -0.2) is 4.79 Å². The normalized spacial score (nSPS) is 12.4. The summed E-state index contributed by atoms with van der Waals surface area (Å²) < 4.78 is 43.1. The summed E-state index contributed by atoms with van der Waals surface area (Å²) in [5.74, 6) is -1.16. The maximum atomic E-state index is 12.6. The van der Waals surface area contributed by atoms with Crippen LogP contribution in [0.1, 0.15) is 126 Å². The van der Waals surface area contributed by atoms with Gasteiger partial charge in [0.2, 0.25) is 0 Å². The van der Waals surface area contributed by atoms with Gasteiger partial charge in [-0.3, -0.25) is 4.79 Å². The Bertz CT molecular complexity index is 704. The Hall–Kier alpha value is -2.05. The third-order valence-corrected chi connectivity index (χ3v) is 6.17. The minimum atomic E-state index is -4.46. The number of alkyl halides is 3. The molecule has 0 aliphatic carbocycles. The van der Waals surface area contributed by atoms with Crippen LogP contribution in [0.4, 0.5) is 13.2 Å². The van der Waals surface area contributed by atoms with Crippen LogP contribution in [0.5, 0.6) is 0 Å². The molecule has 0 aromatic heterocycles. The highest BCUT2D eigenvalue weighted by Crippen LogP contribution is 2.29. The average Bonchev–Trinajstić information content (AvgIpc) is 2.83. The molecule has 0 fully saturated rings. The van der Waals surface area contributed by atoms with Gasteiger partial charge in [-0.05, 0) is 37.6 Å². The lowest BCUT2D eigenvalue weighted by atomic mass is 10.0. The Labute approximate surface area is 209 Å². The van der Waals surface area contributed by atoms with Crippen LogP contribution in [-0.2, 0) is 15.7 Å². The zero-order valence-electron chi connectivity index (χ0n) is 21.6. The molecule has 0 heterocycles. The molecule has 200 valence electrons. The zero-order valence-corrected chi connectivity index (χ0v) is 21.6. The van der Waals surface area contributed by atoms with Crippen molar-refractivity contribution in [1.82, 2.24) is 5.32 Å². The summed E-state index contributed by atoms with van der Waals surface area (Å²) in [4.78, 5) is 24.2. The minimum absolute atomic E-state index is 0.0556. The van der Waals surface area contributed by atoms with Crippen LogP contribution in [0.2, 0.25) is 0 Å². The van der Waals surface area contributed by atoms with E-state index in [1.807, 2.05) is 0 Å². The molecule has 1 unspecified atom stereocenters. The van der Waals surface area contributed by atoms with Crippen LogP contribution in [0, 0.1) is 0 Å². The van der Waals surface area contributed by atoms with E-state index in [0.29, 0.717) is 6.61 Å². The first kappa shape index (κ1) is 31.0. The number of rotatable bonds is 19. The number of carbonyl (C=O) groups excluding carboxylic acids is 2. The van der Waals surface area contributed by atoms with Crippen molar-refractivity contribution >= 4 is 11.9 Å². The number of amides is 1. The van der Waals surface area contributed by atoms with Crippen molar-refractivity contribution in [2.24, 2.45) is 0 Å². The zero-order chi connectivity index (χ0) is 25.9. The fourth-order valence-corrected chi connectivity index (χ4v) is 3.92. The topological polar surface area (TPSA) is 55.4 Å². The van der Waals surface area contributed by atoms with Gasteiger partial charge in [-0.15, -0.1) is 0 Å². The SMILES string of the molecule is CCCCCCCCCCCCCCCCCOC(=O)C(C)NC(=O)c1ccc(C(F)(F)F)cc1.